The van der Waals surface area contributed by atoms with Crippen LogP contribution in [-0.4, -0.2) is 73.8 Å². The average molecular weight is 643 g/mol. The minimum Gasteiger partial charge on any atom is -0.481 e. The van der Waals surface area contributed by atoms with Gasteiger partial charge in [0, 0.05) is 42.5 Å². The number of carboxylic acid groups (broad SMARTS) is 2. The van der Waals surface area contributed by atoms with E-state index in [4.69, 9.17) is 10.8 Å². The lowest BCUT2D eigenvalue weighted by Gasteiger charge is -2.41. The van der Waals surface area contributed by atoms with Crippen molar-refractivity contribution >= 4 is 23.8 Å². The summed E-state index contributed by atoms with van der Waals surface area (Å²) in [6.07, 6.45) is 0.697. The Morgan fingerprint density at radius 2 is 1.67 bits per heavy atom. The number of hydrogen-bond donors (Lipinski definition) is 5. The van der Waals surface area contributed by atoms with Gasteiger partial charge in [-0.1, -0.05) is 51.1 Å². The van der Waals surface area contributed by atoms with Crippen LogP contribution in [-0.2, 0) is 25.7 Å². The van der Waals surface area contributed by atoms with Crippen LogP contribution in [0.5, 0.6) is 0 Å². The van der Waals surface area contributed by atoms with Crippen molar-refractivity contribution in [2.45, 2.75) is 64.7 Å². The van der Waals surface area contributed by atoms with Crippen molar-refractivity contribution in [3.63, 3.8) is 0 Å². The molecule has 0 radical (unpaired) electrons. The van der Waals surface area contributed by atoms with Crippen LogP contribution in [0.25, 0.3) is 11.1 Å². The minimum absolute atomic E-state index is 0.0235. The van der Waals surface area contributed by atoms with Gasteiger partial charge in [0.2, 0.25) is 11.8 Å². The number of aliphatic hydroxyl groups excluding tert-OH is 1. The Morgan fingerprint density at radius 1 is 1.00 bits per heavy atom. The molecule has 0 spiro atoms. The summed E-state index contributed by atoms with van der Waals surface area (Å²) in [7, 11) is 0. The second-order valence-electron chi connectivity index (χ2n) is 12.1. The molecule has 248 valence electrons. The molecular weight excluding hydrogens is 602 g/mol. The third-order valence-electron chi connectivity index (χ3n) is 7.51. The van der Waals surface area contributed by atoms with Gasteiger partial charge in [-0.25, -0.2) is 13.6 Å². The Kier molecular flexibility index (Phi) is 12.2. The highest BCUT2D eigenvalue weighted by molar-refractivity contribution is 5.87. The number of nitrogens with two attached hydrogens (primary N) is 1. The van der Waals surface area contributed by atoms with Crippen molar-refractivity contribution in [3.05, 3.63) is 83.7 Å². The molecule has 1 aromatic heterocycles. The number of aliphatic hydroxyl groups is 1. The van der Waals surface area contributed by atoms with Crippen molar-refractivity contribution in [3.8, 4) is 11.1 Å². The number of benzene rings is 2. The number of halogens is 2. The number of nitrogens with zero attached hydrogens (tertiary/aromatic N) is 2. The summed E-state index contributed by atoms with van der Waals surface area (Å²) < 4.78 is 31.0. The van der Waals surface area contributed by atoms with Crippen LogP contribution in [0.3, 0.4) is 0 Å². The van der Waals surface area contributed by atoms with Crippen LogP contribution in [0.1, 0.15) is 57.3 Å². The maximum Gasteiger partial charge on any atom is 0.326 e. The molecule has 13 heteroatoms. The quantitative estimate of drug-likeness (QED) is 0.167. The summed E-state index contributed by atoms with van der Waals surface area (Å²) in [5.41, 5.74) is 7.23. The molecule has 0 aliphatic rings. The highest BCUT2D eigenvalue weighted by Gasteiger charge is 2.37. The summed E-state index contributed by atoms with van der Waals surface area (Å²) in [4.78, 5) is 49.9. The molecule has 0 bridgehead atoms. The summed E-state index contributed by atoms with van der Waals surface area (Å²) in [5, 5.41) is 30.5. The van der Waals surface area contributed by atoms with E-state index in [2.05, 4.69) is 5.32 Å². The summed E-state index contributed by atoms with van der Waals surface area (Å²) in [6.45, 7) is 4.91. The van der Waals surface area contributed by atoms with E-state index in [-0.39, 0.29) is 24.9 Å². The van der Waals surface area contributed by atoms with Gasteiger partial charge in [0.25, 0.3) is 0 Å². The Labute approximate surface area is 265 Å². The molecule has 3 rings (SSSR count). The average Bonchev–Trinajstić information content (AvgIpc) is 3.39. The second-order valence-corrected chi connectivity index (χ2v) is 12.1. The Morgan fingerprint density at radius 3 is 2.26 bits per heavy atom. The van der Waals surface area contributed by atoms with E-state index in [9.17, 15) is 38.2 Å². The largest absolute Gasteiger partial charge is 0.481 e. The van der Waals surface area contributed by atoms with Crippen molar-refractivity contribution in [1.82, 2.24) is 14.8 Å². The molecule has 3 atom stereocenters. The lowest BCUT2D eigenvalue weighted by atomic mass is 9.82. The maximum absolute atomic E-state index is 14.9. The summed E-state index contributed by atoms with van der Waals surface area (Å²) >= 11 is 0. The van der Waals surface area contributed by atoms with Gasteiger partial charge in [0.15, 0.2) is 0 Å². The van der Waals surface area contributed by atoms with Gasteiger partial charge in [0.05, 0.1) is 12.1 Å². The number of carbonyl (C=O) groups excluding carboxylic acids is 2. The molecule has 1 heterocycles. The number of aromatic nitrogens is 1. The summed E-state index contributed by atoms with van der Waals surface area (Å²) in [5.74, 6) is -5.44. The third kappa shape index (κ3) is 9.44. The Balaban J connectivity index is 2.01. The van der Waals surface area contributed by atoms with Crippen molar-refractivity contribution in [2.24, 2.45) is 11.1 Å². The van der Waals surface area contributed by atoms with Crippen LogP contribution in [0, 0.1) is 17.0 Å². The molecule has 11 nitrogen and oxygen atoms in total. The zero-order valence-corrected chi connectivity index (χ0v) is 26.0. The van der Waals surface area contributed by atoms with Gasteiger partial charge in [-0.2, -0.15) is 0 Å². The first kappa shape index (κ1) is 35.9. The zero-order chi connectivity index (χ0) is 34.2. The third-order valence-corrected chi connectivity index (χ3v) is 7.51. The van der Waals surface area contributed by atoms with E-state index in [1.807, 2.05) is 55.7 Å². The molecule has 0 fully saturated rings. The van der Waals surface area contributed by atoms with Crippen LogP contribution < -0.4 is 11.1 Å². The number of carboxylic acids is 2. The maximum atomic E-state index is 14.9. The lowest BCUT2D eigenvalue weighted by Crippen LogP contribution is -2.50. The number of carbonyl (C=O) groups is 4. The number of rotatable bonds is 15. The van der Waals surface area contributed by atoms with E-state index in [0.29, 0.717) is 17.8 Å². The molecule has 46 heavy (non-hydrogen) atoms. The topological polar surface area (TPSA) is 175 Å². The SMILES string of the molecule is CC(C)(C)[C@H](c1cc(-c2cc(F)ccc2F)cn1Cc1ccccc1)N(CC[C@H](N)C(=O)N[C@H](CCC(=O)O)C(=O)O)C(=O)CO. The van der Waals surface area contributed by atoms with Gasteiger partial charge in [-0.3, -0.25) is 14.4 Å². The summed E-state index contributed by atoms with van der Waals surface area (Å²) in [6, 6.07) is 10.6. The predicted octanol–water partition coefficient (Wildman–Crippen LogP) is 3.54. The van der Waals surface area contributed by atoms with Gasteiger partial charge in [0.1, 0.15) is 24.3 Å². The molecule has 2 aromatic carbocycles. The Hall–Kier alpha value is -4.62. The number of nitrogens with one attached hydrogen (secondary N) is 1. The monoisotopic (exact) mass is 642 g/mol. The van der Waals surface area contributed by atoms with Gasteiger partial charge in [-0.05, 0) is 48.1 Å². The molecule has 2 amide bonds. The standard InChI is InChI=1S/C33H40F2N4O7/c1-33(2,3)30(39(28(41)19-40)14-13-25(36)31(44)37-26(32(45)46)11-12-29(42)43)27-15-21(23-16-22(34)9-10-24(23)35)18-38(27)17-20-7-5-4-6-8-20/h4-10,15-16,18,25-26,30,40H,11-14,17,19,36H2,1-3H3,(H,37,44)(H,42,43)(H,45,46)/t25-,26+,30-/m0/s1. The first-order chi connectivity index (χ1) is 21.6. The van der Waals surface area contributed by atoms with Gasteiger partial charge >= 0.3 is 11.9 Å². The van der Waals surface area contributed by atoms with E-state index in [1.165, 1.54) is 4.90 Å². The highest BCUT2D eigenvalue weighted by atomic mass is 19.1. The zero-order valence-electron chi connectivity index (χ0n) is 26.0. The lowest BCUT2D eigenvalue weighted by molar-refractivity contribution is -0.143. The van der Waals surface area contributed by atoms with Crippen molar-refractivity contribution in [2.75, 3.05) is 13.2 Å². The second kappa shape index (κ2) is 15.6. The van der Waals surface area contributed by atoms with Crippen LogP contribution in [0.2, 0.25) is 0 Å². The van der Waals surface area contributed by atoms with Crippen LogP contribution >= 0.6 is 0 Å². The number of amides is 2. The molecule has 0 unspecified atom stereocenters. The molecule has 0 aliphatic carbocycles. The molecule has 0 aliphatic heterocycles. The molecular formula is C33H40F2N4O7. The fourth-order valence-corrected chi connectivity index (χ4v) is 5.31. The van der Waals surface area contributed by atoms with Crippen molar-refractivity contribution in [1.29, 1.82) is 0 Å². The number of aliphatic carboxylic acids is 2. The first-order valence-electron chi connectivity index (χ1n) is 14.7. The molecule has 0 saturated heterocycles. The smallest absolute Gasteiger partial charge is 0.326 e. The van der Waals surface area contributed by atoms with Gasteiger partial charge < -0.3 is 35.8 Å². The molecule has 3 aromatic rings. The highest BCUT2D eigenvalue weighted by Crippen LogP contribution is 2.41. The van der Waals surface area contributed by atoms with E-state index >= 15 is 0 Å². The fraction of sp³-hybridized carbons (Fsp3) is 0.394. The Bertz CT molecular complexity index is 1540. The fourth-order valence-electron chi connectivity index (χ4n) is 5.31. The predicted molar refractivity (Wildman–Crippen MR) is 165 cm³/mol. The molecule has 0 saturated carbocycles. The first-order valence-corrected chi connectivity index (χ1v) is 14.7. The number of hydrogen-bond acceptors (Lipinski definition) is 6. The van der Waals surface area contributed by atoms with Crippen molar-refractivity contribution < 1.29 is 43.3 Å². The van der Waals surface area contributed by atoms with Crippen LogP contribution in [0.15, 0.2) is 60.8 Å². The van der Waals surface area contributed by atoms with E-state index < -0.39 is 72.0 Å². The van der Waals surface area contributed by atoms with Crippen LogP contribution in [0.4, 0.5) is 8.78 Å². The van der Waals surface area contributed by atoms with E-state index in [1.54, 1.807) is 12.3 Å². The molecule has 6 N–H and O–H groups in total. The van der Waals surface area contributed by atoms with Gasteiger partial charge in [-0.15, -0.1) is 0 Å². The minimum atomic E-state index is -1.48. The van der Waals surface area contributed by atoms with E-state index in [0.717, 1.165) is 23.8 Å². The normalized spacial score (nSPS) is 13.5.